The van der Waals surface area contributed by atoms with Crippen molar-refractivity contribution in [3.05, 3.63) is 54.1 Å². The molecule has 6 heteroatoms. The third kappa shape index (κ3) is 5.89. The molecule has 1 N–H and O–H groups in total. The molecular weight excluding hydrogens is 376 g/mol. The van der Waals surface area contributed by atoms with Gasteiger partial charge in [-0.15, -0.1) is 0 Å². The van der Waals surface area contributed by atoms with E-state index in [9.17, 15) is 4.79 Å². The summed E-state index contributed by atoms with van der Waals surface area (Å²) in [6.07, 6.45) is 0. The van der Waals surface area contributed by atoms with Gasteiger partial charge >= 0.3 is 0 Å². The van der Waals surface area contributed by atoms with E-state index in [-0.39, 0.29) is 5.91 Å². The number of nitrogens with one attached hydrogen (secondary N) is 1. The maximum absolute atomic E-state index is 12.4. The van der Waals surface area contributed by atoms with Gasteiger partial charge in [0.25, 0.3) is 0 Å². The van der Waals surface area contributed by atoms with Crippen molar-refractivity contribution >= 4 is 17.3 Å². The molecule has 2 aromatic rings. The Morgan fingerprint density at radius 3 is 2.57 bits per heavy atom. The largest absolute Gasteiger partial charge is 0.495 e. The molecule has 1 saturated heterocycles. The number of aryl methyl sites for hydroxylation is 1. The fourth-order valence-electron chi connectivity index (χ4n) is 3.92. The number of benzene rings is 2. The van der Waals surface area contributed by atoms with Gasteiger partial charge in [0, 0.05) is 51.5 Å². The Morgan fingerprint density at radius 2 is 1.87 bits per heavy atom. The van der Waals surface area contributed by atoms with Crippen molar-refractivity contribution in [1.82, 2.24) is 10.2 Å². The minimum absolute atomic E-state index is 0.0982. The number of likely N-dealkylation sites (N-methyl/N-ethyl adjacent to an activating group) is 1. The normalized spacial score (nSPS) is 14.4. The average molecular weight is 411 g/mol. The summed E-state index contributed by atoms with van der Waals surface area (Å²) in [5, 5.41) is 3.08. The number of para-hydroxylation sites is 2. The molecule has 162 valence electrons. The Balaban J connectivity index is 1.40. The van der Waals surface area contributed by atoms with Crippen molar-refractivity contribution in [2.24, 2.45) is 0 Å². The lowest BCUT2D eigenvalue weighted by Crippen LogP contribution is -2.50. The number of methoxy groups -OCH3 is 1. The van der Waals surface area contributed by atoms with Gasteiger partial charge in [0.1, 0.15) is 5.75 Å². The molecule has 1 heterocycles. The Kier molecular flexibility index (Phi) is 7.97. The van der Waals surface area contributed by atoms with Crippen molar-refractivity contribution < 1.29 is 9.53 Å². The molecule has 6 nitrogen and oxygen atoms in total. The lowest BCUT2D eigenvalue weighted by molar-refractivity contribution is -0.122. The van der Waals surface area contributed by atoms with E-state index in [2.05, 4.69) is 64.2 Å². The Bertz CT molecular complexity index is 818. The van der Waals surface area contributed by atoms with Gasteiger partial charge in [0.05, 0.1) is 19.3 Å². The van der Waals surface area contributed by atoms with E-state index in [1.165, 1.54) is 11.3 Å². The van der Waals surface area contributed by atoms with E-state index in [0.29, 0.717) is 13.1 Å². The molecule has 1 aliphatic heterocycles. The second kappa shape index (κ2) is 10.9. The molecule has 0 radical (unpaired) electrons. The second-order valence-electron chi connectivity index (χ2n) is 7.70. The van der Waals surface area contributed by atoms with Crippen LogP contribution in [0.25, 0.3) is 0 Å². The van der Waals surface area contributed by atoms with E-state index < -0.39 is 0 Å². The van der Waals surface area contributed by atoms with E-state index in [1.807, 2.05) is 18.2 Å². The maximum atomic E-state index is 12.4. The molecule has 3 rings (SSSR count). The van der Waals surface area contributed by atoms with Crippen LogP contribution in [0.4, 0.5) is 11.4 Å². The van der Waals surface area contributed by atoms with Gasteiger partial charge < -0.3 is 19.9 Å². The highest BCUT2D eigenvalue weighted by molar-refractivity contribution is 5.78. The summed E-state index contributed by atoms with van der Waals surface area (Å²) >= 11 is 0. The number of hydrogen-bond donors (Lipinski definition) is 1. The number of carbonyl (C=O) groups excluding carboxylic acids is 1. The average Bonchev–Trinajstić information content (AvgIpc) is 2.77. The number of amides is 1. The highest BCUT2D eigenvalue weighted by Gasteiger charge is 2.21. The van der Waals surface area contributed by atoms with E-state index in [4.69, 9.17) is 4.74 Å². The number of piperazine rings is 1. The predicted molar refractivity (Wildman–Crippen MR) is 124 cm³/mol. The molecule has 2 aromatic carbocycles. The van der Waals surface area contributed by atoms with Crippen LogP contribution in [0.15, 0.2) is 48.5 Å². The van der Waals surface area contributed by atoms with E-state index in [0.717, 1.165) is 50.7 Å². The summed E-state index contributed by atoms with van der Waals surface area (Å²) in [5.41, 5.74) is 3.58. The Labute approximate surface area is 180 Å². The van der Waals surface area contributed by atoms with Crippen LogP contribution in [0.2, 0.25) is 0 Å². The highest BCUT2D eigenvalue weighted by atomic mass is 16.5. The monoisotopic (exact) mass is 410 g/mol. The number of hydrogen-bond acceptors (Lipinski definition) is 5. The second-order valence-corrected chi connectivity index (χ2v) is 7.70. The summed E-state index contributed by atoms with van der Waals surface area (Å²) in [4.78, 5) is 19.3. The first kappa shape index (κ1) is 22.0. The lowest BCUT2D eigenvalue weighted by atomic mass is 10.2. The van der Waals surface area contributed by atoms with Crippen molar-refractivity contribution in [3.8, 4) is 5.75 Å². The van der Waals surface area contributed by atoms with Crippen LogP contribution in [0, 0.1) is 6.92 Å². The van der Waals surface area contributed by atoms with Gasteiger partial charge in [-0.1, -0.05) is 24.3 Å². The molecule has 0 aliphatic carbocycles. The van der Waals surface area contributed by atoms with Crippen LogP contribution in [0.5, 0.6) is 5.75 Å². The minimum atomic E-state index is 0.0982. The zero-order chi connectivity index (χ0) is 21.3. The third-order valence-electron chi connectivity index (χ3n) is 5.62. The summed E-state index contributed by atoms with van der Waals surface area (Å²) in [5.74, 6) is 0.999. The SMILES string of the molecule is CCN(CCNC(=O)CN1CCN(c2ccccc2OC)CC1)c1cccc(C)c1. The van der Waals surface area contributed by atoms with Crippen LogP contribution < -0.4 is 19.9 Å². The molecule has 0 atom stereocenters. The molecule has 0 saturated carbocycles. The third-order valence-corrected chi connectivity index (χ3v) is 5.62. The van der Waals surface area contributed by atoms with Crippen LogP contribution in [-0.4, -0.2) is 70.3 Å². The summed E-state index contributed by atoms with van der Waals surface area (Å²) in [7, 11) is 1.71. The van der Waals surface area contributed by atoms with Gasteiger partial charge in [0.2, 0.25) is 5.91 Å². The molecule has 0 unspecified atom stereocenters. The summed E-state index contributed by atoms with van der Waals surface area (Å²) < 4.78 is 5.48. The zero-order valence-corrected chi connectivity index (χ0v) is 18.4. The molecular formula is C24H34N4O2. The fraction of sp³-hybridized carbons (Fsp3) is 0.458. The summed E-state index contributed by atoms with van der Waals surface area (Å²) in [6, 6.07) is 16.6. The zero-order valence-electron chi connectivity index (χ0n) is 18.4. The van der Waals surface area contributed by atoms with Gasteiger partial charge in [-0.05, 0) is 43.7 Å². The van der Waals surface area contributed by atoms with Crippen molar-refractivity contribution in [1.29, 1.82) is 0 Å². The predicted octanol–water partition coefficient (Wildman–Crippen LogP) is 2.77. The Hall–Kier alpha value is -2.73. The summed E-state index contributed by atoms with van der Waals surface area (Å²) in [6.45, 7) is 10.6. The van der Waals surface area contributed by atoms with Crippen LogP contribution in [0.1, 0.15) is 12.5 Å². The molecule has 30 heavy (non-hydrogen) atoms. The lowest BCUT2D eigenvalue weighted by Gasteiger charge is -2.36. The van der Waals surface area contributed by atoms with Crippen LogP contribution in [-0.2, 0) is 4.79 Å². The van der Waals surface area contributed by atoms with Crippen molar-refractivity contribution in [3.63, 3.8) is 0 Å². The quantitative estimate of drug-likeness (QED) is 0.689. The van der Waals surface area contributed by atoms with E-state index in [1.54, 1.807) is 7.11 Å². The number of carbonyl (C=O) groups is 1. The van der Waals surface area contributed by atoms with Crippen molar-refractivity contribution in [2.45, 2.75) is 13.8 Å². The molecule has 0 aromatic heterocycles. The molecule has 1 aliphatic rings. The standard InChI is InChI=1S/C24H34N4O2/c1-4-27(21-9-7-8-20(2)18-21)13-12-25-24(29)19-26-14-16-28(17-15-26)22-10-5-6-11-23(22)30-3/h5-11,18H,4,12-17,19H2,1-3H3,(H,25,29). The first-order valence-electron chi connectivity index (χ1n) is 10.8. The number of ether oxygens (including phenoxy) is 1. The fourth-order valence-corrected chi connectivity index (χ4v) is 3.92. The maximum Gasteiger partial charge on any atom is 0.234 e. The Morgan fingerprint density at radius 1 is 1.10 bits per heavy atom. The van der Waals surface area contributed by atoms with Gasteiger partial charge in [-0.3, -0.25) is 9.69 Å². The minimum Gasteiger partial charge on any atom is -0.495 e. The smallest absolute Gasteiger partial charge is 0.234 e. The molecule has 1 fully saturated rings. The molecule has 0 bridgehead atoms. The van der Waals surface area contributed by atoms with Crippen molar-refractivity contribution in [2.75, 3.05) is 69.3 Å². The van der Waals surface area contributed by atoms with Crippen LogP contribution in [0.3, 0.4) is 0 Å². The van der Waals surface area contributed by atoms with Gasteiger partial charge in [-0.25, -0.2) is 0 Å². The van der Waals surface area contributed by atoms with Gasteiger partial charge in [0.15, 0.2) is 0 Å². The van der Waals surface area contributed by atoms with Crippen LogP contribution >= 0.6 is 0 Å². The van der Waals surface area contributed by atoms with E-state index >= 15 is 0 Å². The first-order chi connectivity index (χ1) is 14.6. The number of nitrogens with zero attached hydrogens (tertiary/aromatic N) is 3. The highest BCUT2D eigenvalue weighted by Crippen LogP contribution is 2.28. The number of anilines is 2. The topological polar surface area (TPSA) is 48.1 Å². The number of rotatable bonds is 9. The van der Waals surface area contributed by atoms with Gasteiger partial charge in [-0.2, -0.15) is 0 Å². The molecule has 1 amide bonds. The first-order valence-corrected chi connectivity index (χ1v) is 10.8. The molecule has 0 spiro atoms.